The van der Waals surface area contributed by atoms with Crippen LogP contribution >= 0.6 is 0 Å². The van der Waals surface area contributed by atoms with E-state index in [1.54, 1.807) is 0 Å². The number of nitrogens with zero attached hydrogens (tertiary/aromatic N) is 2. The van der Waals surface area contributed by atoms with E-state index in [4.69, 9.17) is 9.26 Å². The molecule has 5 heteroatoms. The van der Waals surface area contributed by atoms with Crippen LogP contribution in [0.1, 0.15) is 42.8 Å². The summed E-state index contributed by atoms with van der Waals surface area (Å²) in [6.07, 6.45) is 3.14. The fourth-order valence-corrected chi connectivity index (χ4v) is 2.40. The van der Waals surface area contributed by atoms with Gasteiger partial charge in [-0.1, -0.05) is 5.16 Å². The number of aromatic nitrogens is 2. The standard InChI is InChI=1S/C11H17N3O2/c1-4-12-7-9(1)11-13-10(14-16-11)8-2-5-15-6-3-8/h8-9,12H,1-7H2/t9-/m1/s1. The van der Waals surface area contributed by atoms with Crippen molar-refractivity contribution in [3.8, 4) is 0 Å². The molecule has 5 nitrogen and oxygen atoms in total. The zero-order chi connectivity index (χ0) is 10.8. The summed E-state index contributed by atoms with van der Waals surface area (Å²) in [6, 6.07) is 0. The van der Waals surface area contributed by atoms with Gasteiger partial charge < -0.3 is 14.6 Å². The molecule has 1 atom stereocenters. The number of nitrogens with one attached hydrogen (secondary N) is 1. The average Bonchev–Trinajstić information content (AvgIpc) is 3.01. The number of hydrogen-bond donors (Lipinski definition) is 1. The molecule has 0 amide bonds. The summed E-state index contributed by atoms with van der Waals surface area (Å²) < 4.78 is 10.7. The van der Waals surface area contributed by atoms with Gasteiger partial charge in [0.05, 0.1) is 5.92 Å². The first-order valence-corrected chi connectivity index (χ1v) is 6.05. The SMILES string of the molecule is C1C[C@@H](c2nc(C3CCOCC3)no2)CN1. The predicted octanol–water partition coefficient (Wildman–Crippen LogP) is 1.04. The highest BCUT2D eigenvalue weighted by Crippen LogP contribution is 2.27. The second-order valence-electron chi connectivity index (χ2n) is 4.57. The lowest BCUT2D eigenvalue weighted by atomic mass is 10.00. The quantitative estimate of drug-likeness (QED) is 0.811. The molecule has 16 heavy (non-hydrogen) atoms. The van der Waals surface area contributed by atoms with E-state index in [9.17, 15) is 0 Å². The van der Waals surface area contributed by atoms with E-state index in [2.05, 4.69) is 15.5 Å². The Kier molecular flexibility index (Phi) is 2.88. The molecule has 2 aliphatic heterocycles. The molecule has 88 valence electrons. The molecule has 1 aromatic heterocycles. The molecule has 0 unspecified atom stereocenters. The van der Waals surface area contributed by atoms with Gasteiger partial charge in [0.25, 0.3) is 0 Å². The van der Waals surface area contributed by atoms with Crippen LogP contribution in [-0.4, -0.2) is 36.4 Å². The Bertz CT molecular complexity index is 341. The normalized spacial score (nSPS) is 27.4. The highest BCUT2D eigenvalue weighted by atomic mass is 16.5. The molecular formula is C11H17N3O2. The molecule has 2 saturated heterocycles. The zero-order valence-electron chi connectivity index (χ0n) is 9.32. The van der Waals surface area contributed by atoms with Crippen molar-refractivity contribution in [2.45, 2.75) is 31.1 Å². The minimum Gasteiger partial charge on any atom is -0.381 e. The highest BCUT2D eigenvalue weighted by Gasteiger charge is 2.26. The molecule has 1 N–H and O–H groups in total. The molecule has 2 fully saturated rings. The van der Waals surface area contributed by atoms with Crippen molar-refractivity contribution in [2.24, 2.45) is 0 Å². The van der Waals surface area contributed by atoms with Crippen molar-refractivity contribution in [3.05, 3.63) is 11.7 Å². The second-order valence-corrected chi connectivity index (χ2v) is 4.57. The minimum atomic E-state index is 0.418. The fourth-order valence-electron chi connectivity index (χ4n) is 2.40. The van der Waals surface area contributed by atoms with E-state index in [0.29, 0.717) is 11.8 Å². The molecule has 0 aromatic carbocycles. The van der Waals surface area contributed by atoms with Crippen LogP contribution in [0, 0.1) is 0 Å². The number of ether oxygens (including phenoxy) is 1. The Morgan fingerprint density at radius 1 is 1.12 bits per heavy atom. The predicted molar refractivity (Wildman–Crippen MR) is 57.3 cm³/mol. The summed E-state index contributed by atoms with van der Waals surface area (Å²) in [5.41, 5.74) is 0. The van der Waals surface area contributed by atoms with Gasteiger partial charge >= 0.3 is 0 Å². The van der Waals surface area contributed by atoms with Gasteiger partial charge in [0.15, 0.2) is 5.82 Å². The van der Waals surface area contributed by atoms with E-state index >= 15 is 0 Å². The third-order valence-electron chi connectivity index (χ3n) is 3.45. The van der Waals surface area contributed by atoms with Crippen LogP contribution in [-0.2, 0) is 4.74 Å². The topological polar surface area (TPSA) is 60.2 Å². The van der Waals surface area contributed by atoms with Crippen LogP contribution < -0.4 is 5.32 Å². The van der Waals surface area contributed by atoms with Crippen molar-refractivity contribution in [1.82, 2.24) is 15.5 Å². The molecule has 0 radical (unpaired) electrons. The third kappa shape index (κ3) is 1.97. The minimum absolute atomic E-state index is 0.418. The van der Waals surface area contributed by atoms with Crippen molar-refractivity contribution in [2.75, 3.05) is 26.3 Å². The van der Waals surface area contributed by atoms with Crippen LogP contribution in [0.3, 0.4) is 0 Å². The molecule has 3 rings (SSSR count). The summed E-state index contributed by atoms with van der Waals surface area (Å²) >= 11 is 0. The van der Waals surface area contributed by atoms with Crippen LogP contribution in [0.5, 0.6) is 0 Å². The van der Waals surface area contributed by atoms with E-state index < -0.39 is 0 Å². The molecular weight excluding hydrogens is 206 g/mol. The second kappa shape index (κ2) is 4.51. The molecule has 3 heterocycles. The first kappa shape index (κ1) is 10.2. The lowest BCUT2D eigenvalue weighted by Gasteiger charge is -2.18. The zero-order valence-corrected chi connectivity index (χ0v) is 9.32. The van der Waals surface area contributed by atoms with Crippen LogP contribution in [0.4, 0.5) is 0 Å². The largest absolute Gasteiger partial charge is 0.381 e. The van der Waals surface area contributed by atoms with Gasteiger partial charge in [0.2, 0.25) is 5.89 Å². The van der Waals surface area contributed by atoms with Crippen LogP contribution in [0.25, 0.3) is 0 Å². The molecule has 0 bridgehead atoms. The Labute approximate surface area is 94.6 Å². The highest BCUT2D eigenvalue weighted by molar-refractivity contribution is 5.02. The van der Waals surface area contributed by atoms with Gasteiger partial charge in [-0.25, -0.2) is 0 Å². The van der Waals surface area contributed by atoms with E-state index in [-0.39, 0.29) is 0 Å². The Morgan fingerprint density at radius 3 is 2.75 bits per heavy atom. The summed E-state index contributed by atoms with van der Waals surface area (Å²) in [5.74, 6) is 2.54. The van der Waals surface area contributed by atoms with E-state index in [0.717, 1.165) is 57.3 Å². The summed E-state index contributed by atoms with van der Waals surface area (Å²) in [4.78, 5) is 4.54. The third-order valence-corrected chi connectivity index (χ3v) is 3.45. The lowest BCUT2D eigenvalue weighted by Crippen LogP contribution is -2.15. The monoisotopic (exact) mass is 223 g/mol. The van der Waals surface area contributed by atoms with Gasteiger partial charge in [-0.05, 0) is 25.8 Å². The Balaban J connectivity index is 1.71. The summed E-state index contributed by atoms with van der Waals surface area (Å²) in [7, 11) is 0. The average molecular weight is 223 g/mol. The van der Waals surface area contributed by atoms with Gasteiger partial charge in [-0.3, -0.25) is 0 Å². The lowest BCUT2D eigenvalue weighted by molar-refractivity contribution is 0.0830. The van der Waals surface area contributed by atoms with Crippen molar-refractivity contribution in [1.29, 1.82) is 0 Å². The Morgan fingerprint density at radius 2 is 2.00 bits per heavy atom. The van der Waals surface area contributed by atoms with Gasteiger partial charge in [0, 0.05) is 25.7 Å². The summed E-state index contributed by atoms with van der Waals surface area (Å²) in [5, 5.41) is 7.43. The van der Waals surface area contributed by atoms with Crippen LogP contribution in [0.15, 0.2) is 4.52 Å². The number of hydrogen-bond acceptors (Lipinski definition) is 5. The van der Waals surface area contributed by atoms with Gasteiger partial charge in [-0.15, -0.1) is 0 Å². The fraction of sp³-hybridized carbons (Fsp3) is 0.818. The van der Waals surface area contributed by atoms with E-state index in [1.165, 1.54) is 0 Å². The molecule has 2 aliphatic rings. The summed E-state index contributed by atoms with van der Waals surface area (Å²) in [6.45, 7) is 3.66. The maximum absolute atomic E-state index is 5.36. The van der Waals surface area contributed by atoms with Crippen molar-refractivity contribution < 1.29 is 9.26 Å². The van der Waals surface area contributed by atoms with Crippen LogP contribution in [0.2, 0.25) is 0 Å². The Hall–Kier alpha value is -0.940. The van der Waals surface area contributed by atoms with Crippen molar-refractivity contribution >= 4 is 0 Å². The first-order chi connectivity index (χ1) is 7.93. The smallest absolute Gasteiger partial charge is 0.231 e. The first-order valence-electron chi connectivity index (χ1n) is 6.05. The van der Waals surface area contributed by atoms with Gasteiger partial charge in [0.1, 0.15) is 0 Å². The van der Waals surface area contributed by atoms with Crippen molar-refractivity contribution in [3.63, 3.8) is 0 Å². The van der Waals surface area contributed by atoms with E-state index in [1.807, 2.05) is 0 Å². The molecule has 1 aromatic rings. The maximum Gasteiger partial charge on any atom is 0.231 e. The maximum atomic E-state index is 5.36. The molecule has 0 spiro atoms. The van der Waals surface area contributed by atoms with Gasteiger partial charge in [-0.2, -0.15) is 4.98 Å². The molecule has 0 aliphatic carbocycles. The molecule has 0 saturated carbocycles. The number of rotatable bonds is 2.